The minimum Gasteiger partial charge on any atom is -0.467 e. The quantitative estimate of drug-likeness (QED) is 0.591. The zero-order chi connectivity index (χ0) is 22.4. The van der Waals surface area contributed by atoms with Crippen LogP contribution in [0.4, 0.5) is 0 Å². The van der Waals surface area contributed by atoms with Crippen molar-refractivity contribution in [1.82, 2.24) is 10.3 Å². The second-order valence-electron chi connectivity index (χ2n) is 7.12. The Morgan fingerprint density at radius 1 is 1.00 bits per heavy atom. The van der Waals surface area contributed by atoms with Gasteiger partial charge in [-0.2, -0.15) is 0 Å². The van der Waals surface area contributed by atoms with Gasteiger partial charge in [0.15, 0.2) is 6.61 Å². The predicted molar refractivity (Wildman–Crippen MR) is 116 cm³/mol. The minimum absolute atomic E-state index is 0.264. The zero-order valence-corrected chi connectivity index (χ0v) is 17.7. The first-order valence-corrected chi connectivity index (χ1v) is 9.85. The number of carbonyl (C=O) groups is 3. The van der Waals surface area contributed by atoms with Crippen molar-refractivity contribution in [3.63, 3.8) is 0 Å². The third-order valence-corrected chi connectivity index (χ3v) is 4.98. The van der Waals surface area contributed by atoms with Crippen LogP contribution in [0.3, 0.4) is 0 Å². The van der Waals surface area contributed by atoms with Crippen LogP contribution in [0, 0.1) is 13.8 Å². The van der Waals surface area contributed by atoms with Crippen molar-refractivity contribution in [1.29, 1.82) is 0 Å². The number of ether oxygens (including phenoxy) is 2. The molecule has 160 valence electrons. The van der Waals surface area contributed by atoms with Crippen molar-refractivity contribution in [2.75, 3.05) is 13.7 Å². The van der Waals surface area contributed by atoms with Crippen LogP contribution in [0.15, 0.2) is 54.6 Å². The smallest absolute Gasteiger partial charge is 0.340 e. The minimum atomic E-state index is -0.885. The number of rotatable bonds is 7. The summed E-state index contributed by atoms with van der Waals surface area (Å²) in [5, 5.41) is 3.42. The first kappa shape index (κ1) is 22.0. The molecule has 31 heavy (non-hydrogen) atoms. The predicted octanol–water partition coefficient (Wildman–Crippen LogP) is 2.91. The molecule has 1 N–H and O–H groups in total. The number of hydrogen-bond acceptors (Lipinski definition) is 6. The number of nitrogens with zero attached hydrogens (tertiary/aromatic N) is 1. The lowest BCUT2D eigenvalue weighted by Crippen LogP contribution is -2.44. The van der Waals surface area contributed by atoms with Gasteiger partial charge in [-0.1, -0.05) is 48.5 Å². The number of aromatic nitrogens is 1. The first-order chi connectivity index (χ1) is 14.9. The normalized spacial score (nSPS) is 11.6. The molecule has 1 amide bonds. The lowest BCUT2D eigenvalue weighted by Gasteiger charge is -2.17. The number of methoxy groups -OCH3 is 1. The summed E-state index contributed by atoms with van der Waals surface area (Å²) >= 11 is 0. The summed E-state index contributed by atoms with van der Waals surface area (Å²) in [6.07, 6.45) is 0.264. The molecular formula is C24H24N2O5. The van der Waals surface area contributed by atoms with Crippen molar-refractivity contribution in [2.45, 2.75) is 26.3 Å². The van der Waals surface area contributed by atoms with Gasteiger partial charge in [-0.05, 0) is 31.0 Å². The van der Waals surface area contributed by atoms with Gasteiger partial charge in [-0.15, -0.1) is 0 Å². The van der Waals surface area contributed by atoms with Crippen LogP contribution in [0.1, 0.15) is 27.2 Å². The highest BCUT2D eigenvalue weighted by Crippen LogP contribution is 2.23. The van der Waals surface area contributed by atoms with E-state index in [1.807, 2.05) is 61.5 Å². The Labute approximate surface area is 180 Å². The second kappa shape index (κ2) is 9.84. The zero-order valence-electron chi connectivity index (χ0n) is 17.7. The van der Waals surface area contributed by atoms with Crippen LogP contribution >= 0.6 is 0 Å². The maximum Gasteiger partial charge on any atom is 0.340 e. The van der Waals surface area contributed by atoms with Crippen LogP contribution in [0.25, 0.3) is 10.9 Å². The summed E-state index contributed by atoms with van der Waals surface area (Å²) < 4.78 is 10.0. The van der Waals surface area contributed by atoms with Crippen LogP contribution in [0.5, 0.6) is 0 Å². The Balaban J connectivity index is 1.67. The first-order valence-electron chi connectivity index (χ1n) is 9.85. The molecule has 0 fully saturated rings. The Morgan fingerprint density at radius 3 is 2.39 bits per heavy atom. The summed E-state index contributed by atoms with van der Waals surface area (Å²) in [7, 11) is 1.25. The van der Waals surface area contributed by atoms with Crippen LogP contribution in [-0.2, 0) is 25.5 Å². The number of pyridine rings is 1. The molecule has 0 aliphatic heterocycles. The van der Waals surface area contributed by atoms with Crippen molar-refractivity contribution in [2.24, 2.45) is 0 Å². The van der Waals surface area contributed by atoms with Crippen molar-refractivity contribution >= 4 is 28.7 Å². The number of esters is 2. The van der Waals surface area contributed by atoms with Crippen molar-refractivity contribution in [3.05, 3.63) is 77.0 Å². The van der Waals surface area contributed by atoms with Crippen molar-refractivity contribution in [3.8, 4) is 0 Å². The van der Waals surface area contributed by atoms with E-state index >= 15 is 0 Å². The third kappa shape index (κ3) is 5.25. The van der Waals surface area contributed by atoms with E-state index in [1.165, 1.54) is 7.11 Å². The van der Waals surface area contributed by atoms with E-state index in [0.29, 0.717) is 11.3 Å². The van der Waals surface area contributed by atoms with Gasteiger partial charge in [0.1, 0.15) is 6.04 Å². The number of aryl methyl sites for hydroxylation is 2. The third-order valence-electron chi connectivity index (χ3n) is 4.98. The van der Waals surface area contributed by atoms with E-state index in [4.69, 9.17) is 9.47 Å². The maximum absolute atomic E-state index is 12.7. The molecule has 0 spiro atoms. The Bertz CT molecular complexity index is 1110. The number of para-hydroxylation sites is 1. The highest BCUT2D eigenvalue weighted by molar-refractivity contribution is 5.99. The number of carbonyl (C=O) groups excluding carboxylic acids is 3. The lowest BCUT2D eigenvalue weighted by molar-refractivity contribution is -0.145. The molecule has 0 saturated carbocycles. The fourth-order valence-corrected chi connectivity index (χ4v) is 3.46. The maximum atomic E-state index is 12.7. The van der Waals surface area contributed by atoms with E-state index in [9.17, 15) is 14.4 Å². The fourth-order valence-electron chi connectivity index (χ4n) is 3.46. The molecule has 0 aliphatic rings. The molecule has 3 aromatic rings. The molecule has 2 aromatic carbocycles. The molecule has 3 rings (SSSR count). The topological polar surface area (TPSA) is 94.6 Å². The average molecular weight is 420 g/mol. The molecule has 1 heterocycles. The molecule has 0 bridgehead atoms. The molecule has 1 atom stereocenters. The van der Waals surface area contributed by atoms with E-state index in [2.05, 4.69) is 10.3 Å². The van der Waals surface area contributed by atoms with Crippen LogP contribution in [0.2, 0.25) is 0 Å². The molecule has 1 aromatic heterocycles. The second-order valence-corrected chi connectivity index (χ2v) is 7.12. The molecule has 7 nitrogen and oxygen atoms in total. The van der Waals surface area contributed by atoms with Gasteiger partial charge < -0.3 is 14.8 Å². The van der Waals surface area contributed by atoms with E-state index in [0.717, 1.165) is 22.0 Å². The van der Waals surface area contributed by atoms with E-state index < -0.39 is 30.5 Å². The highest BCUT2D eigenvalue weighted by atomic mass is 16.5. The van der Waals surface area contributed by atoms with Crippen LogP contribution in [-0.4, -0.2) is 42.6 Å². The monoisotopic (exact) mass is 420 g/mol. The summed E-state index contributed by atoms with van der Waals surface area (Å²) in [5.41, 5.74) is 3.25. The molecule has 1 unspecified atom stereocenters. The summed E-state index contributed by atoms with van der Waals surface area (Å²) in [6, 6.07) is 15.9. The molecule has 0 saturated heterocycles. The van der Waals surface area contributed by atoms with Gasteiger partial charge in [-0.3, -0.25) is 9.78 Å². The number of benzene rings is 2. The number of amides is 1. The van der Waals surface area contributed by atoms with Gasteiger partial charge in [-0.25, -0.2) is 9.59 Å². The van der Waals surface area contributed by atoms with Gasteiger partial charge in [0, 0.05) is 11.8 Å². The lowest BCUT2D eigenvalue weighted by atomic mass is 10.0. The van der Waals surface area contributed by atoms with E-state index in [1.54, 1.807) is 6.92 Å². The van der Waals surface area contributed by atoms with Gasteiger partial charge in [0.25, 0.3) is 5.91 Å². The summed E-state index contributed by atoms with van der Waals surface area (Å²) in [6.45, 7) is 3.02. The largest absolute Gasteiger partial charge is 0.467 e. The van der Waals surface area contributed by atoms with E-state index in [-0.39, 0.29) is 6.42 Å². The Kier molecular flexibility index (Phi) is 6.97. The summed E-state index contributed by atoms with van der Waals surface area (Å²) in [5.74, 6) is -1.81. The summed E-state index contributed by atoms with van der Waals surface area (Å²) in [4.78, 5) is 41.6. The molecular weight excluding hydrogens is 396 g/mol. The average Bonchev–Trinajstić information content (AvgIpc) is 2.77. The van der Waals surface area contributed by atoms with Gasteiger partial charge in [0.05, 0.1) is 23.9 Å². The molecule has 7 heteroatoms. The standard InChI is InChI=1S/C24H24N2O5/c1-15-18-11-7-8-12-19(18)25-16(2)22(15)24(29)31-14-21(27)26-20(23(28)30-3)13-17-9-5-4-6-10-17/h4-12,20H,13-14H2,1-3H3,(H,26,27). The number of nitrogens with one attached hydrogen (secondary N) is 1. The number of fused-ring (bicyclic) bond motifs is 1. The van der Waals surface area contributed by atoms with Crippen molar-refractivity contribution < 1.29 is 23.9 Å². The Hall–Kier alpha value is -3.74. The number of hydrogen-bond donors (Lipinski definition) is 1. The highest BCUT2D eigenvalue weighted by Gasteiger charge is 2.24. The van der Waals surface area contributed by atoms with Gasteiger partial charge >= 0.3 is 11.9 Å². The SMILES string of the molecule is COC(=O)C(Cc1ccccc1)NC(=O)COC(=O)c1c(C)nc2ccccc2c1C. The Morgan fingerprint density at radius 2 is 1.68 bits per heavy atom. The molecule has 0 aliphatic carbocycles. The van der Waals surface area contributed by atoms with Gasteiger partial charge in [0.2, 0.25) is 0 Å². The van der Waals surface area contributed by atoms with Crippen LogP contribution < -0.4 is 5.32 Å². The molecule has 0 radical (unpaired) electrons. The fraction of sp³-hybridized carbons (Fsp3) is 0.250.